The van der Waals surface area contributed by atoms with Gasteiger partial charge in [-0.25, -0.2) is 0 Å². The molecule has 8 N–H and O–H groups in total. The first-order chi connectivity index (χ1) is 29.6. The quantitative estimate of drug-likeness (QED) is 0.0326. The summed E-state index contributed by atoms with van der Waals surface area (Å²) in [5.74, 6) is -10.5. The third kappa shape index (κ3) is 36.5. The van der Waals surface area contributed by atoms with Gasteiger partial charge in [0.2, 0.25) is 0 Å². The highest BCUT2D eigenvalue weighted by Crippen LogP contribution is 2.13. The van der Waals surface area contributed by atoms with Crippen LogP contribution >= 0.6 is 0 Å². The van der Waals surface area contributed by atoms with Gasteiger partial charge in [0, 0.05) is 52.1 Å². The lowest BCUT2D eigenvalue weighted by atomic mass is 10.1. The van der Waals surface area contributed by atoms with Crippen LogP contribution in [-0.2, 0) is 62.2 Å². The van der Waals surface area contributed by atoms with Crippen molar-refractivity contribution < 1.29 is 97.9 Å². The summed E-state index contributed by atoms with van der Waals surface area (Å²) in [5.41, 5.74) is -2.07. The molecule has 0 aromatic heterocycles. The van der Waals surface area contributed by atoms with Crippen LogP contribution in [0, 0.1) is 0 Å². The van der Waals surface area contributed by atoms with Crippen molar-refractivity contribution in [2.24, 2.45) is 0 Å². The minimum atomic E-state index is -1.39. The summed E-state index contributed by atoms with van der Waals surface area (Å²) in [5, 5.41) is 66.1. The van der Waals surface area contributed by atoms with E-state index in [9.17, 15) is 53.1 Å². The largest absolute Gasteiger partial charge is 0.481 e. The molecule has 0 saturated carbocycles. The molecular weight excluding hydrogens is 870 g/mol. The summed E-state index contributed by atoms with van der Waals surface area (Å²) in [7, 11) is 0. The van der Waals surface area contributed by atoms with Crippen LogP contribution < -0.4 is 5.32 Å². The second-order valence-electron chi connectivity index (χ2n) is 17.7. The highest BCUT2D eigenvalue weighted by Gasteiger charge is 2.30. The van der Waals surface area contributed by atoms with E-state index in [1.165, 1.54) is 4.90 Å². The van der Waals surface area contributed by atoms with Crippen LogP contribution in [0.4, 0.5) is 0 Å². The van der Waals surface area contributed by atoms with Crippen molar-refractivity contribution in [2.45, 2.75) is 117 Å². The van der Waals surface area contributed by atoms with Gasteiger partial charge in [0.1, 0.15) is 28.9 Å². The second kappa shape index (κ2) is 29.8. The molecule has 0 fully saturated rings. The van der Waals surface area contributed by atoms with E-state index >= 15 is 0 Å². The van der Waals surface area contributed by atoms with Gasteiger partial charge in [-0.1, -0.05) is 0 Å². The Morgan fingerprint density at radius 2 is 0.785 bits per heavy atom. The lowest BCUT2D eigenvalue weighted by Crippen LogP contribution is -2.50. The predicted octanol–water partition coefficient (Wildman–Crippen LogP) is -0.315. The number of nitrogens with one attached hydrogen (secondary N) is 1. The molecule has 0 bridgehead atoms. The molecule has 65 heavy (non-hydrogen) atoms. The lowest BCUT2D eigenvalue weighted by molar-refractivity contribution is -0.161. The lowest BCUT2D eigenvalue weighted by Gasteiger charge is -2.32. The van der Waals surface area contributed by atoms with Crippen molar-refractivity contribution in [1.82, 2.24) is 24.9 Å². The molecule has 2 atom stereocenters. The molecule has 0 aliphatic rings. The van der Waals surface area contributed by atoms with Crippen LogP contribution in [0.25, 0.3) is 0 Å². The number of esters is 3. The number of carbonyl (C=O) groups excluding carboxylic acids is 3. The van der Waals surface area contributed by atoms with Crippen LogP contribution in [0.1, 0.15) is 88.0 Å². The number of hydrogen-bond acceptors (Lipinski definition) is 18. The number of ether oxygens (including phenoxy) is 3. The van der Waals surface area contributed by atoms with Gasteiger partial charge < -0.3 is 55.3 Å². The molecule has 0 unspecified atom stereocenters. The van der Waals surface area contributed by atoms with Crippen molar-refractivity contribution >= 4 is 59.7 Å². The van der Waals surface area contributed by atoms with Crippen LogP contribution in [0.3, 0.4) is 0 Å². The number of carbonyl (C=O) groups is 10. The van der Waals surface area contributed by atoms with Crippen molar-refractivity contribution in [3.63, 3.8) is 0 Å². The first-order valence-electron chi connectivity index (χ1n) is 20.4. The maximum atomic E-state index is 12.5. The third-order valence-corrected chi connectivity index (χ3v) is 7.90. The number of carboxylic acids is 7. The first-order valence-corrected chi connectivity index (χ1v) is 20.4. The van der Waals surface area contributed by atoms with E-state index in [4.69, 9.17) is 44.8 Å². The smallest absolute Gasteiger partial charge is 0.323 e. The summed E-state index contributed by atoms with van der Waals surface area (Å²) in [6, 6.07) is -2.20. The molecule has 25 nitrogen and oxygen atoms in total. The van der Waals surface area contributed by atoms with Gasteiger partial charge in [-0.3, -0.25) is 67.5 Å². The summed E-state index contributed by atoms with van der Waals surface area (Å²) >= 11 is 0. The average Bonchev–Trinajstić information content (AvgIpc) is 3.06. The van der Waals surface area contributed by atoms with Crippen molar-refractivity contribution in [3.8, 4) is 0 Å². The average molecular weight is 940 g/mol. The SMILES string of the molecule is CC(C)(C)OC(=O)CN(CCN[C@@H](CCC(=O)O)C(=O)OC(C)(C)C)CC(=O)OC(C)(C)C.O=C(O)CC[C@@H](C(=O)O)N(CCN(CC(=O)O)CC(=O)O)CCN(CC(=O)O)CC(=O)O. The highest BCUT2D eigenvalue weighted by atomic mass is 16.6. The molecule has 0 radical (unpaired) electrons. The monoisotopic (exact) mass is 939 g/mol. The van der Waals surface area contributed by atoms with E-state index in [0.717, 1.165) is 9.80 Å². The fraction of sp³-hybridized carbons (Fsp3) is 0.750. The van der Waals surface area contributed by atoms with Crippen LogP contribution in [0.2, 0.25) is 0 Å². The first kappa shape index (κ1) is 61.6. The minimum absolute atomic E-state index is 0.0440. The summed E-state index contributed by atoms with van der Waals surface area (Å²) in [6.45, 7) is 12.4. The molecule has 0 spiro atoms. The molecular formula is C40H69N5O20. The number of carboxylic acid groups (broad SMARTS) is 7. The Balaban J connectivity index is 0. The zero-order chi connectivity index (χ0) is 50.9. The molecule has 0 saturated heterocycles. The number of rotatable bonds is 31. The standard InChI is InChI=1S/C23H42N2O8.C17H27N3O12/c1-21(2,3)31-18(28)14-25(15-19(29)32-22(4,5)6)13-12-24-16(10-11-17(26)27)20(30)33-23(7,8)9;21-12(22)2-1-11(17(31)32)20(5-3-18(7-13(23)24)8-14(25)26)6-4-19(9-15(27)28)10-16(29)30/h16,24H,10-15H2,1-9H3,(H,26,27);11H,1-10H2,(H,21,22)(H,23,24)(H,25,26)(H,27,28)(H,29,30)(H,31,32)/t16-;11-/m00/s1. The number of aliphatic carboxylic acids is 7. The molecule has 0 heterocycles. The van der Waals surface area contributed by atoms with Gasteiger partial charge in [-0.2, -0.15) is 0 Å². The van der Waals surface area contributed by atoms with E-state index in [1.54, 1.807) is 67.2 Å². The highest BCUT2D eigenvalue weighted by molar-refractivity contribution is 5.78. The zero-order valence-corrected chi connectivity index (χ0v) is 38.7. The Kier molecular flexibility index (Phi) is 28.3. The molecule has 0 aliphatic carbocycles. The fourth-order valence-electron chi connectivity index (χ4n) is 5.55. The minimum Gasteiger partial charge on any atom is -0.481 e. The van der Waals surface area contributed by atoms with Gasteiger partial charge in [0.05, 0.1) is 39.3 Å². The number of hydrogen-bond donors (Lipinski definition) is 8. The van der Waals surface area contributed by atoms with Crippen LogP contribution in [0.5, 0.6) is 0 Å². The van der Waals surface area contributed by atoms with Crippen LogP contribution in [0.15, 0.2) is 0 Å². The van der Waals surface area contributed by atoms with Gasteiger partial charge in [-0.15, -0.1) is 0 Å². The van der Waals surface area contributed by atoms with Gasteiger partial charge >= 0.3 is 59.7 Å². The maximum Gasteiger partial charge on any atom is 0.323 e. The Morgan fingerprint density at radius 3 is 1.09 bits per heavy atom. The van der Waals surface area contributed by atoms with E-state index in [1.807, 2.05) is 0 Å². The Morgan fingerprint density at radius 1 is 0.446 bits per heavy atom. The summed E-state index contributed by atoms with van der Waals surface area (Å²) < 4.78 is 16.1. The molecule has 0 aromatic rings. The van der Waals surface area contributed by atoms with E-state index in [0.29, 0.717) is 0 Å². The van der Waals surface area contributed by atoms with Crippen molar-refractivity contribution in [2.75, 3.05) is 78.5 Å². The van der Waals surface area contributed by atoms with Gasteiger partial charge in [0.25, 0.3) is 0 Å². The molecule has 0 rings (SSSR count). The molecule has 0 aromatic carbocycles. The van der Waals surface area contributed by atoms with Gasteiger partial charge in [0.15, 0.2) is 0 Å². The van der Waals surface area contributed by atoms with E-state index in [-0.39, 0.29) is 71.6 Å². The third-order valence-electron chi connectivity index (χ3n) is 7.90. The molecule has 0 aliphatic heterocycles. The maximum absolute atomic E-state index is 12.5. The normalized spacial score (nSPS) is 12.8. The summed E-state index contributed by atoms with van der Waals surface area (Å²) in [4.78, 5) is 119. The zero-order valence-electron chi connectivity index (χ0n) is 38.7. The van der Waals surface area contributed by atoms with E-state index < -0.39 is 121 Å². The predicted molar refractivity (Wildman–Crippen MR) is 226 cm³/mol. The molecule has 0 amide bonds. The fourth-order valence-corrected chi connectivity index (χ4v) is 5.55. The topological polar surface area (TPSA) is 365 Å². The molecule has 25 heteroatoms. The van der Waals surface area contributed by atoms with Crippen LogP contribution in [-0.4, -0.2) is 222 Å². The molecule has 374 valence electrons. The van der Waals surface area contributed by atoms with E-state index in [2.05, 4.69) is 5.32 Å². The Labute approximate surface area is 377 Å². The Hall–Kier alpha value is -5.50. The van der Waals surface area contributed by atoms with Crippen molar-refractivity contribution in [1.29, 1.82) is 0 Å². The summed E-state index contributed by atoms with van der Waals surface area (Å²) in [6.07, 6.45) is -1.01. The van der Waals surface area contributed by atoms with Crippen molar-refractivity contribution in [3.05, 3.63) is 0 Å². The number of nitrogens with zero attached hydrogens (tertiary/aromatic N) is 4. The Bertz CT molecular complexity index is 1500. The van der Waals surface area contributed by atoms with Gasteiger partial charge in [-0.05, 0) is 75.2 Å². The second-order valence-corrected chi connectivity index (χ2v) is 17.7.